The van der Waals surface area contributed by atoms with Crippen molar-refractivity contribution in [1.29, 1.82) is 0 Å². The van der Waals surface area contributed by atoms with E-state index in [2.05, 4.69) is 4.99 Å². The van der Waals surface area contributed by atoms with Gasteiger partial charge in [0.05, 0.1) is 5.56 Å². The Balaban J connectivity index is 3.31. The molecule has 0 saturated carbocycles. The van der Waals surface area contributed by atoms with Gasteiger partial charge in [-0.3, -0.25) is 9.79 Å². The Labute approximate surface area is 136 Å². The van der Waals surface area contributed by atoms with Gasteiger partial charge in [-0.2, -0.15) is 13.2 Å². The van der Waals surface area contributed by atoms with Crippen LogP contribution in [0.25, 0.3) is 0 Å². The molecule has 0 aliphatic carbocycles. The third-order valence-corrected chi connectivity index (χ3v) is 3.52. The Morgan fingerprint density at radius 1 is 1.36 bits per heavy atom. The molecule has 120 valence electrons. The van der Waals surface area contributed by atoms with E-state index >= 15 is 0 Å². The van der Waals surface area contributed by atoms with Crippen molar-refractivity contribution in [3.05, 3.63) is 45.1 Å². The minimum absolute atomic E-state index is 0.00476. The first-order valence-electron chi connectivity index (χ1n) is 6.35. The van der Waals surface area contributed by atoms with Crippen LogP contribution in [-0.4, -0.2) is 12.0 Å². The number of nitrogens with zero attached hydrogens (tertiary/aromatic N) is 1. The molecule has 0 amide bonds. The Bertz CT molecular complexity index is 632. The average Bonchev–Trinajstić information content (AvgIpc) is 2.42. The molecule has 0 aliphatic rings. The van der Waals surface area contributed by atoms with Crippen molar-refractivity contribution in [2.24, 2.45) is 4.99 Å². The highest BCUT2D eigenvalue weighted by molar-refractivity contribution is 6.33. The van der Waals surface area contributed by atoms with Crippen LogP contribution in [0.15, 0.2) is 33.9 Å². The number of Topliss-reactive ketones (excluding diaryl/α,β-unsaturated/α-hetero) is 1. The molecule has 0 heterocycles. The van der Waals surface area contributed by atoms with Crippen LogP contribution >= 0.6 is 23.2 Å². The van der Waals surface area contributed by atoms with Crippen molar-refractivity contribution in [2.45, 2.75) is 32.9 Å². The van der Waals surface area contributed by atoms with Crippen LogP contribution in [0.3, 0.4) is 0 Å². The Hall–Kier alpha value is -1.33. The number of aliphatic imine (C=N–C) groups is 1. The lowest BCUT2D eigenvalue weighted by molar-refractivity contribution is -0.137. The Morgan fingerprint density at radius 3 is 2.41 bits per heavy atom. The van der Waals surface area contributed by atoms with Gasteiger partial charge in [0.2, 0.25) is 0 Å². The number of benzene rings is 1. The van der Waals surface area contributed by atoms with Gasteiger partial charge in [0.15, 0.2) is 5.78 Å². The quantitative estimate of drug-likeness (QED) is 0.513. The molecular formula is C15H14Cl2F3NO. The second-order valence-electron chi connectivity index (χ2n) is 4.59. The van der Waals surface area contributed by atoms with E-state index in [1.807, 2.05) is 0 Å². The van der Waals surface area contributed by atoms with E-state index in [1.54, 1.807) is 6.92 Å². The van der Waals surface area contributed by atoms with Gasteiger partial charge in [-0.05, 0) is 37.6 Å². The number of carbonyl (C=O) groups is 1. The molecule has 2 nitrogen and oxygen atoms in total. The number of hydrogen-bond acceptors (Lipinski definition) is 2. The van der Waals surface area contributed by atoms with E-state index in [9.17, 15) is 18.0 Å². The minimum Gasteiger partial charge on any atom is -0.292 e. The van der Waals surface area contributed by atoms with Crippen LogP contribution in [0, 0.1) is 0 Å². The number of ketones is 1. The summed E-state index contributed by atoms with van der Waals surface area (Å²) in [6.07, 6.45) is -3.12. The fourth-order valence-electron chi connectivity index (χ4n) is 1.85. The summed E-state index contributed by atoms with van der Waals surface area (Å²) in [4.78, 5) is 16.3. The highest BCUT2D eigenvalue weighted by atomic mass is 35.5. The van der Waals surface area contributed by atoms with E-state index < -0.39 is 23.4 Å². The van der Waals surface area contributed by atoms with Crippen molar-refractivity contribution < 1.29 is 18.0 Å². The predicted octanol–water partition coefficient (Wildman–Crippen LogP) is 5.59. The number of hydrogen-bond donors (Lipinski definition) is 0. The summed E-state index contributed by atoms with van der Waals surface area (Å²) in [6, 6.07) is 2.88. The molecular weight excluding hydrogens is 338 g/mol. The third-order valence-electron chi connectivity index (χ3n) is 3.00. The third kappa shape index (κ3) is 4.34. The van der Waals surface area contributed by atoms with Crippen LogP contribution in [-0.2, 0) is 11.0 Å². The maximum atomic E-state index is 12.8. The van der Waals surface area contributed by atoms with Crippen molar-refractivity contribution in [1.82, 2.24) is 0 Å². The Kier molecular flexibility index (Phi) is 6.20. The lowest BCUT2D eigenvalue weighted by Crippen LogP contribution is -2.14. The normalized spacial score (nSPS) is 14.9. The number of allylic oxidation sites excluding steroid dienone is 2. The fraction of sp³-hybridized carbons (Fsp3) is 0.333. The summed E-state index contributed by atoms with van der Waals surface area (Å²) < 4.78 is 38.4. The number of alkyl halides is 3. The summed E-state index contributed by atoms with van der Waals surface area (Å²) in [5, 5.41) is 0.249. The molecule has 0 N–H and O–H groups in total. The van der Waals surface area contributed by atoms with Crippen molar-refractivity contribution in [3.63, 3.8) is 0 Å². The molecule has 0 bridgehead atoms. The average molecular weight is 352 g/mol. The molecule has 1 rings (SSSR count). The van der Waals surface area contributed by atoms with Crippen LogP contribution in [0.5, 0.6) is 0 Å². The first-order chi connectivity index (χ1) is 10.1. The molecule has 0 aliphatic heterocycles. The molecule has 0 saturated heterocycles. The monoisotopic (exact) mass is 351 g/mol. The van der Waals surface area contributed by atoms with Crippen molar-refractivity contribution in [2.75, 3.05) is 0 Å². The van der Waals surface area contributed by atoms with Gasteiger partial charge >= 0.3 is 6.18 Å². The second kappa shape index (κ2) is 7.29. The molecule has 0 fully saturated rings. The predicted molar refractivity (Wildman–Crippen MR) is 82.6 cm³/mol. The standard InChI is InChI=1S/C15H14Cl2F3NO/c1-4-21-13(9(3)16)14(22)8(2)11-7-10(15(18,19)20)5-6-12(11)17/h4-8H,1-3H3/b13-9+,21-4-. The zero-order chi connectivity index (χ0) is 17.1. The first-order valence-corrected chi connectivity index (χ1v) is 7.11. The van der Waals surface area contributed by atoms with Crippen LogP contribution in [0.2, 0.25) is 5.02 Å². The fourth-order valence-corrected chi connectivity index (χ4v) is 2.27. The SMILES string of the molecule is C/C=N\C(C(=O)C(C)c1cc(C(F)(F)F)ccc1Cl)=C(/C)Cl. The molecule has 22 heavy (non-hydrogen) atoms. The second-order valence-corrected chi connectivity index (χ2v) is 5.56. The molecule has 1 atom stereocenters. The zero-order valence-electron chi connectivity index (χ0n) is 12.1. The zero-order valence-corrected chi connectivity index (χ0v) is 13.6. The summed E-state index contributed by atoms with van der Waals surface area (Å²) in [6.45, 7) is 4.56. The van der Waals surface area contributed by atoms with E-state index in [0.717, 1.165) is 18.2 Å². The molecule has 7 heteroatoms. The smallest absolute Gasteiger partial charge is 0.292 e. The molecule has 1 unspecified atom stereocenters. The van der Waals surface area contributed by atoms with E-state index in [1.165, 1.54) is 20.1 Å². The van der Waals surface area contributed by atoms with Gasteiger partial charge in [0, 0.05) is 22.2 Å². The molecule has 0 spiro atoms. The van der Waals surface area contributed by atoms with Crippen LogP contribution in [0.1, 0.15) is 37.8 Å². The minimum atomic E-state index is -4.51. The molecule has 1 aromatic carbocycles. The topological polar surface area (TPSA) is 29.4 Å². The van der Waals surface area contributed by atoms with Gasteiger partial charge in [-0.25, -0.2) is 0 Å². The van der Waals surface area contributed by atoms with Crippen LogP contribution < -0.4 is 0 Å². The largest absolute Gasteiger partial charge is 0.416 e. The van der Waals surface area contributed by atoms with E-state index in [-0.39, 0.29) is 21.3 Å². The molecule has 1 aromatic rings. The summed E-state index contributed by atoms with van der Waals surface area (Å²) >= 11 is 11.8. The molecule has 0 aromatic heterocycles. The number of carbonyl (C=O) groups excluding carboxylic acids is 1. The lowest BCUT2D eigenvalue weighted by atomic mass is 9.93. The van der Waals surface area contributed by atoms with E-state index in [4.69, 9.17) is 23.2 Å². The highest BCUT2D eigenvalue weighted by Gasteiger charge is 2.32. The lowest BCUT2D eigenvalue weighted by Gasteiger charge is -2.16. The number of rotatable bonds is 4. The van der Waals surface area contributed by atoms with Crippen molar-refractivity contribution >= 4 is 35.2 Å². The maximum absolute atomic E-state index is 12.8. The maximum Gasteiger partial charge on any atom is 0.416 e. The van der Waals surface area contributed by atoms with Gasteiger partial charge in [-0.1, -0.05) is 30.1 Å². The summed E-state index contributed by atoms with van der Waals surface area (Å²) in [5.41, 5.74) is -0.771. The van der Waals surface area contributed by atoms with Gasteiger partial charge in [0.1, 0.15) is 5.70 Å². The highest BCUT2D eigenvalue weighted by Crippen LogP contribution is 2.35. The van der Waals surface area contributed by atoms with Crippen LogP contribution in [0.4, 0.5) is 13.2 Å². The Morgan fingerprint density at radius 2 is 1.95 bits per heavy atom. The van der Waals surface area contributed by atoms with Crippen molar-refractivity contribution in [3.8, 4) is 0 Å². The van der Waals surface area contributed by atoms with Gasteiger partial charge in [0.25, 0.3) is 0 Å². The van der Waals surface area contributed by atoms with Gasteiger partial charge in [-0.15, -0.1) is 0 Å². The number of halogens is 5. The summed E-state index contributed by atoms with van der Waals surface area (Å²) in [5.74, 6) is -1.39. The first kappa shape index (κ1) is 18.7. The summed E-state index contributed by atoms with van der Waals surface area (Å²) in [7, 11) is 0. The van der Waals surface area contributed by atoms with E-state index in [0.29, 0.717) is 0 Å². The van der Waals surface area contributed by atoms with Gasteiger partial charge < -0.3 is 0 Å². The molecule has 0 radical (unpaired) electrons.